The summed E-state index contributed by atoms with van der Waals surface area (Å²) in [6.07, 6.45) is -9.02. The molecule has 2 aromatic carbocycles. The molecule has 0 unspecified atom stereocenters. The molecule has 1 amide bonds. The lowest BCUT2D eigenvalue weighted by molar-refractivity contribution is -0.291. The van der Waals surface area contributed by atoms with Crippen molar-refractivity contribution in [3.8, 4) is 0 Å². The van der Waals surface area contributed by atoms with Gasteiger partial charge in [-0.05, 0) is 11.1 Å². The molecule has 21 heteroatoms. The third kappa shape index (κ3) is 15.6. The van der Waals surface area contributed by atoms with Crippen LogP contribution in [0.1, 0.15) is 45.2 Å². The van der Waals surface area contributed by atoms with Crippen molar-refractivity contribution < 1.29 is 75.5 Å². The van der Waals surface area contributed by atoms with Crippen LogP contribution in [0.25, 0.3) is 0 Å². The minimum Gasteiger partial charge on any atom is -0.465 e. The van der Waals surface area contributed by atoms with E-state index >= 15 is 0 Å². The molecule has 1 aliphatic heterocycles. The van der Waals surface area contributed by atoms with Crippen molar-refractivity contribution in [1.29, 1.82) is 0 Å². The number of benzene rings is 2. The molecule has 0 aliphatic carbocycles. The van der Waals surface area contributed by atoms with Crippen LogP contribution in [0.15, 0.2) is 60.7 Å². The van der Waals surface area contributed by atoms with Gasteiger partial charge >= 0.3 is 44.5 Å². The number of methoxy groups -OCH3 is 1. The molecule has 1 N–H and O–H groups in total. The second kappa shape index (κ2) is 22.2. The second-order valence-electron chi connectivity index (χ2n) is 11.9. The normalized spacial score (nSPS) is 20.5. The van der Waals surface area contributed by atoms with Gasteiger partial charge in [0.25, 0.3) is 5.79 Å². The number of amides is 1. The van der Waals surface area contributed by atoms with Crippen molar-refractivity contribution in [3.05, 3.63) is 71.8 Å². The highest BCUT2D eigenvalue weighted by Crippen LogP contribution is 2.50. The summed E-state index contributed by atoms with van der Waals surface area (Å²) >= 11 is 17.3. The van der Waals surface area contributed by atoms with Crippen LogP contribution in [0, 0.1) is 0 Å². The highest BCUT2D eigenvalue weighted by molar-refractivity contribution is 7.41. The lowest BCUT2D eigenvalue weighted by Crippen LogP contribution is -2.69. The highest BCUT2D eigenvalue weighted by Gasteiger charge is 2.61. The van der Waals surface area contributed by atoms with Gasteiger partial charge in [0.05, 0.1) is 32.8 Å². The fraction of sp³-hybridized carbons (Fsp3) is 0.486. The molecule has 17 nitrogen and oxygen atoms in total. The molecule has 6 atom stereocenters. The summed E-state index contributed by atoms with van der Waals surface area (Å²) in [5.41, 5.74) is 1.39. The molecule has 3 rings (SSSR count). The first-order valence-electron chi connectivity index (χ1n) is 16.7. The number of esters is 5. The summed E-state index contributed by atoms with van der Waals surface area (Å²) in [6.45, 7) is 2.46. The average molecular weight is 869 g/mol. The van der Waals surface area contributed by atoms with Gasteiger partial charge in [0.15, 0.2) is 12.2 Å². The van der Waals surface area contributed by atoms with Crippen LogP contribution in [0.3, 0.4) is 0 Å². The Morgan fingerprint density at radius 1 is 0.821 bits per heavy atom. The van der Waals surface area contributed by atoms with Crippen LogP contribution < -0.4 is 5.32 Å². The van der Waals surface area contributed by atoms with Crippen molar-refractivity contribution in [2.75, 3.05) is 20.3 Å². The molecule has 0 saturated carbocycles. The molecule has 0 spiro atoms. The number of alkyl carbamates (subject to hydrolysis) is 1. The number of carbonyl (C=O) groups is 6. The van der Waals surface area contributed by atoms with E-state index in [0.717, 1.165) is 34.8 Å². The summed E-state index contributed by atoms with van der Waals surface area (Å²) in [5, 5.41) is 2.42. The lowest BCUT2D eigenvalue weighted by Gasteiger charge is -2.48. The van der Waals surface area contributed by atoms with Gasteiger partial charge < -0.3 is 47.5 Å². The molecule has 0 radical (unpaired) electrons. The summed E-state index contributed by atoms with van der Waals surface area (Å²) in [5.74, 6) is -7.52. The van der Waals surface area contributed by atoms with E-state index in [1.807, 2.05) is 0 Å². The molecule has 1 fully saturated rings. The summed E-state index contributed by atoms with van der Waals surface area (Å²) < 4.78 is 54.6. The number of alkyl halides is 3. The van der Waals surface area contributed by atoms with E-state index in [9.17, 15) is 28.8 Å². The summed E-state index contributed by atoms with van der Waals surface area (Å²) in [7, 11) is -1.58. The lowest BCUT2D eigenvalue weighted by atomic mass is 9.88. The zero-order chi connectivity index (χ0) is 41.5. The number of nitrogens with one attached hydrogen (secondary N) is 1. The maximum Gasteiger partial charge on any atom is 0.407 e. The maximum atomic E-state index is 14.0. The Bertz CT molecular complexity index is 1590. The summed E-state index contributed by atoms with van der Waals surface area (Å²) in [4.78, 5) is 76.7. The Morgan fingerprint density at radius 3 is 1.84 bits per heavy atom. The predicted molar refractivity (Wildman–Crippen MR) is 197 cm³/mol. The Balaban J connectivity index is 2.21. The van der Waals surface area contributed by atoms with Crippen molar-refractivity contribution in [1.82, 2.24) is 5.32 Å². The number of rotatable bonds is 18. The van der Waals surface area contributed by atoms with E-state index in [1.165, 1.54) is 0 Å². The predicted octanol–water partition coefficient (Wildman–Crippen LogP) is 5.14. The summed E-state index contributed by atoms with van der Waals surface area (Å²) in [6, 6.07) is 16.1. The molecule has 2 aromatic rings. The quantitative estimate of drug-likeness (QED) is 0.0890. The number of hydrogen-bond acceptors (Lipinski definition) is 16. The minimum atomic E-state index is -2.64. The van der Waals surface area contributed by atoms with Crippen molar-refractivity contribution in [3.63, 3.8) is 0 Å². The van der Waals surface area contributed by atoms with Gasteiger partial charge in [0.1, 0.15) is 25.4 Å². The van der Waals surface area contributed by atoms with Gasteiger partial charge in [0.2, 0.25) is 3.79 Å². The molecule has 1 aliphatic rings. The van der Waals surface area contributed by atoms with Crippen LogP contribution in [0.2, 0.25) is 0 Å². The van der Waals surface area contributed by atoms with E-state index in [0.29, 0.717) is 11.1 Å². The topological polar surface area (TPSA) is 207 Å². The highest BCUT2D eigenvalue weighted by atomic mass is 35.6. The molecule has 56 heavy (non-hydrogen) atoms. The van der Waals surface area contributed by atoms with Crippen LogP contribution in [-0.2, 0) is 83.9 Å². The zero-order valence-corrected chi connectivity index (χ0v) is 34.0. The van der Waals surface area contributed by atoms with Crippen LogP contribution in [0.5, 0.6) is 0 Å². The Kier molecular flexibility index (Phi) is 18.5. The van der Waals surface area contributed by atoms with E-state index in [2.05, 4.69) is 5.32 Å². The Hall–Kier alpha value is -3.80. The number of carbonyl (C=O) groups excluding carboxylic acids is 6. The van der Waals surface area contributed by atoms with Gasteiger partial charge in [-0.25, -0.2) is 9.59 Å². The number of halogens is 3. The first-order valence-corrected chi connectivity index (χ1v) is 18.9. The van der Waals surface area contributed by atoms with Crippen molar-refractivity contribution >= 4 is 79.3 Å². The van der Waals surface area contributed by atoms with Crippen LogP contribution in [-0.4, -0.2) is 96.3 Å². The number of hydrogen-bond donors (Lipinski definition) is 1. The first-order chi connectivity index (χ1) is 26.4. The van der Waals surface area contributed by atoms with Crippen molar-refractivity contribution in [2.24, 2.45) is 0 Å². The third-order valence-electron chi connectivity index (χ3n) is 7.36. The fourth-order valence-corrected chi connectivity index (χ4v) is 6.48. The Labute approximate surface area is 338 Å². The molecular weight excluding hydrogens is 828 g/mol. The average Bonchev–Trinajstić information content (AvgIpc) is 3.13. The Morgan fingerprint density at radius 2 is 1.38 bits per heavy atom. The van der Waals surface area contributed by atoms with E-state index in [-0.39, 0.29) is 13.2 Å². The van der Waals surface area contributed by atoms with Crippen LogP contribution >= 0.6 is 43.4 Å². The molecule has 0 bridgehead atoms. The zero-order valence-electron chi connectivity index (χ0n) is 30.8. The smallest absolute Gasteiger partial charge is 0.407 e. The van der Waals surface area contributed by atoms with Crippen molar-refractivity contribution in [2.45, 2.75) is 87.4 Å². The number of ether oxygens (including phenoxy) is 7. The van der Waals surface area contributed by atoms with Crippen LogP contribution in [0.4, 0.5) is 4.79 Å². The molecule has 1 heterocycles. The SMILES string of the molecule is COC(=O)[C@]1(OP(OCc2ccccc2)OCc2ccccc2)C[C@H](OC(C)=O)[C@@H](NC(=O)OCC(Cl)(Cl)Cl)[C@H]([C@H](OC(C)=O)[C@@H](COC(C)=O)OC(C)=O)O1. The van der Waals surface area contributed by atoms with Gasteiger partial charge in [-0.1, -0.05) is 95.5 Å². The van der Waals surface area contributed by atoms with Gasteiger partial charge in [0, 0.05) is 27.7 Å². The van der Waals surface area contributed by atoms with E-state index in [1.54, 1.807) is 60.7 Å². The van der Waals surface area contributed by atoms with E-state index < -0.39 is 104 Å². The first kappa shape index (κ1) is 46.6. The van der Waals surface area contributed by atoms with Gasteiger partial charge in [-0.2, -0.15) is 0 Å². The van der Waals surface area contributed by atoms with Gasteiger partial charge in [-0.15, -0.1) is 0 Å². The fourth-order valence-electron chi connectivity index (χ4n) is 5.20. The second-order valence-corrected chi connectivity index (χ2v) is 15.6. The molecule has 0 aromatic heterocycles. The molecule has 308 valence electrons. The molecule has 1 saturated heterocycles. The monoisotopic (exact) mass is 867 g/mol. The third-order valence-corrected chi connectivity index (χ3v) is 8.81. The maximum absolute atomic E-state index is 14.0. The minimum absolute atomic E-state index is 0.0817. The standard InChI is InChI=1S/C35H41Cl3NO16P/c1-21(40)47-19-28(52-23(3)42)30(53-24(4)43)31-29(39-33(45)48-20-35(36,37)38)27(51-22(2)41)16-34(54-31,32(44)46-5)55-56(49-17-25-12-8-6-9-13-25)50-18-26-14-10-7-11-15-26/h6-15,27-31H,16-20H2,1-5H3,(H,39,45)/t27-,28+,29+,30+,31+,34+/m0/s1. The molecular formula is C35H41Cl3NO16P. The van der Waals surface area contributed by atoms with Gasteiger partial charge in [-0.3, -0.25) is 23.7 Å². The van der Waals surface area contributed by atoms with E-state index in [4.69, 9.17) is 81.5 Å². The largest absolute Gasteiger partial charge is 0.465 e.